The van der Waals surface area contributed by atoms with Crippen LogP contribution in [0.15, 0.2) is 42.5 Å². The molecule has 2 aromatic rings. The van der Waals surface area contributed by atoms with Gasteiger partial charge in [-0.15, -0.1) is 0 Å². The Morgan fingerprint density at radius 3 is 2.29 bits per heavy atom. The van der Waals surface area contributed by atoms with Crippen molar-refractivity contribution in [1.29, 1.82) is 0 Å². The number of carbonyl (C=O) groups excluding carboxylic acids is 5. The highest BCUT2D eigenvalue weighted by molar-refractivity contribution is 6.22. The van der Waals surface area contributed by atoms with Gasteiger partial charge in [0.1, 0.15) is 5.75 Å². The van der Waals surface area contributed by atoms with E-state index in [0.717, 1.165) is 0 Å². The number of carbonyl (C=O) groups is 5. The molecule has 4 rings (SSSR count). The summed E-state index contributed by atoms with van der Waals surface area (Å²) < 4.78 is 5.05. The summed E-state index contributed by atoms with van der Waals surface area (Å²) >= 11 is 0. The fourth-order valence-corrected chi connectivity index (χ4v) is 4.41. The average Bonchev–Trinajstić information content (AvgIpc) is 3.08. The van der Waals surface area contributed by atoms with Crippen molar-refractivity contribution in [2.75, 3.05) is 13.1 Å². The van der Waals surface area contributed by atoms with Gasteiger partial charge in [-0.05, 0) is 63.1 Å². The fourth-order valence-electron chi connectivity index (χ4n) is 4.41. The lowest BCUT2D eigenvalue weighted by atomic mass is 10.0. The number of esters is 1. The second-order valence-electron chi connectivity index (χ2n) is 9.00. The van der Waals surface area contributed by atoms with Crippen LogP contribution in [0.3, 0.4) is 0 Å². The van der Waals surface area contributed by atoms with Crippen LogP contribution in [-0.4, -0.2) is 64.6 Å². The van der Waals surface area contributed by atoms with Gasteiger partial charge in [0.05, 0.1) is 11.1 Å². The zero-order valence-electron chi connectivity index (χ0n) is 19.9. The zero-order valence-corrected chi connectivity index (χ0v) is 19.9. The van der Waals surface area contributed by atoms with Gasteiger partial charge in [-0.1, -0.05) is 6.07 Å². The number of nitrogens with one attached hydrogen (secondary N) is 1. The number of nitrogens with zero attached hydrogens (tertiary/aromatic N) is 2. The maximum atomic E-state index is 12.9. The predicted octanol–water partition coefficient (Wildman–Crippen LogP) is 2.65. The quantitative estimate of drug-likeness (QED) is 0.402. The van der Waals surface area contributed by atoms with Crippen LogP contribution in [-0.2, 0) is 4.79 Å². The molecular formula is C26H27N3O6. The SMILES string of the molecule is CC(=O)Oc1cccc(C(=O)N2CCC(NC(=O)c3ccc4c(c3)C(=O)N(C(C)C)C4=O)CC2)c1. The van der Waals surface area contributed by atoms with E-state index >= 15 is 0 Å². The summed E-state index contributed by atoms with van der Waals surface area (Å²) in [6.07, 6.45) is 1.15. The molecule has 0 unspecified atom stereocenters. The van der Waals surface area contributed by atoms with Crippen molar-refractivity contribution in [3.8, 4) is 5.75 Å². The highest BCUT2D eigenvalue weighted by Crippen LogP contribution is 2.26. The van der Waals surface area contributed by atoms with E-state index in [1.165, 1.54) is 30.0 Å². The number of amides is 4. The largest absolute Gasteiger partial charge is 0.427 e. The van der Waals surface area contributed by atoms with Crippen molar-refractivity contribution >= 4 is 29.6 Å². The number of piperidine rings is 1. The van der Waals surface area contributed by atoms with Crippen LogP contribution in [0.25, 0.3) is 0 Å². The van der Waals surface area contributed by atoms with Crippen molar-refractivity contribution in [2.24, 2.45) is 0 Å². The van der Waals surface area contributed by atoms with Crippen molar-refractivity contribution < 1.29 is 28.7 Å². The molecule has 0 aliphatic carbocycles. The molecule has 2 aliphatic rings. The molecule has 2 heterocycles. The number of hydrogen-bond acceptors (Lipinski definition) is 6. The summed E-state index contributed by atoms with van der Waals surface area (Å²) in [5, 5.41) is 2.97. The van der Waals surface area contributed by atoms with E-state index in [-0.39, 0.29) is 41.3 Å². The molecule has 0 spiro atoms. The lowest BCUT2D eigenvalue weighted by Crippen LogP contribution is -2.46. The summed E-state index contributed by atoms with van der Waals surface area (Å²) in [7, 11) is 0. The fraction of sp³-hybridized carbons (Fsp3) is 0.346. The zero-order chi connectivity index (χ0) is 25.3. The molecular weight excluding hydrogens is 450 g/mol. The number of benzene rings is 2. The first-order chi connectivity index (χ1) is 16.7. The highest BCUT2D eigenvalue weighted by atomic mass is 16.5. The maximum Gasteiger partial charge on any atom is 0.308 e. The number of likely N-dealkylation sites (tertiary alicyclic amines) is 1. The Labute approximate surface area is 203 Å². The van der Waals surface area contributed by atoms with Gasteiger partial charge in [0.25, 0.3) is 23.6 Å². The van der Waals surface area contributed by atoms with Crippen LogP contribution in [0, 0.1) is 0 Å². The summed E-state index contributed by atoms with van der Waals surface area (Å²) in [6.45, 7) is 5.75. The van der Waals surface area contributed by atoms with Crippen LogP contribution in [0.1, 0.15) is 75.0 Å². The highest BCUT2D eigenvalue weighted by Gasteiger charge is 2.37. The van der Waals surface area contributed by atoms with E-state index in [1.807, 2.05) is 0 Å². The standard InChI is InChI=1S/C26H27N3O6/c1-15(2)29-25(33)21-8-7-17(14-22(21)26(29)34)23(31)27-19-9-11-28(12-10-19)24(32)18-5-4-6-20(13-18)35-16(3)30/h4-8,13-15,19H,9-12H2,1-3H3,(H,27,31). The van der Waals surface area contributed by atoms with Crippen LogP contribution >= 0.6 is 0 Å². The minimum Gasteiger partial charge on any atom is -0.427 e. The van der Waals surface area contributed by atoms with Gasteiger partial charge in [0.15, 0.2) is 0 Å². The summed E-state index contributed by atoms with van der Waals surface area (Å²) in [5.41, 5.74) is 1.30. The molecule has 2 aliphatic heterocycles. The number of rotatable bonds is 5. The molecule has 0 saturated carbocycles. The molecule has 4 amide bonds. The normalized spacial score (nSPS) is 15.9. The Kier molecular flexibility index (Phi) is 6.68. The van der Waals surface area contributed by atoms with Crippen LogP contribution in [0.2, 0.25) is 0 Å². The smallest absolute Gasteiger partial charge is 0.308 e. The summed E-state index contributed by atoms with van der Waals surface area (Å²) in [6, 6.07) is 10.6. The molecule has 0 bridgehead atoms. The molecule has 1 saturated heterocycles. The first-order valence-electron chi connectivity index (χ1n) is 11.6. The van der Waals surface area contributed by atoms with Crippen LogP contribution < -0.4 is 10.1 Å². The first kappa shape index (κ1) is 24.1. The Morgan fingerprint density at radius 2 is 1.63 bits per heavy atom. The van der Waals surface area contributed by atoms with Gasteiger partial charge in [-0.2, -0.15) is 0 Å². The topological polar surface area (TPSA) is 113 Å². The summed E-state index contributed by atoms with van der Waals surface area (Å²) in [5.74, 6) is -1.36. The van der Waals surface area contributed by atoms with Crippen LogP contribution in [0.4, 0.5) is 0 Å². The molecule has 35 heavy (non-hydrogen) atoms. The molecule has 1 N–H and O–H groups in total. The molecule has 1 fully saturated rings. The van der Waals surface area contributed by atoms with Crippen molar-refractivity contribution in [1.82, 2.24) is 15.1 Å². The monoisotopic (exact) mass is 477 g/mol. The van der Waals surface area contributed by atoms with Gasteiger partial charge in [0.2, 0.25) is 0 Å². The second kappa shape index (κ2) is 9.69. The lowest BCUT2D eigenvalue weighted by molar-refractivity contribution is -0.131. The first-order valence-corrected chi connectivity index (χ1v) is 11.6. The second-order valence-corrected chi connectivity index (χ2v) is 9.00. The van der Waals surface area contributed by atoms with Crippen LogP contribution in [0.5, 0.6) is 5.75 Å². The average molecular weight is 478 g/mol. The number of hydrogen-bond donors (Lipinski definition) is 1. The predicted molar refractivity (Wildman–Crippen MR) is 126 cm³/mol. The van der Waals surface area contributed by atoms with Gasteiger partial charge in [0, 0.05) is 43.2 Å². The number of fused-ring (bicyclic) bond motifs is 1. The number of ether oxygens (including phenoxy) is 1. The van der Waals surface area contributed by atoms with Gasteiger partial charge in [-0.3, -0.25) is 28.9 Å². The molecule has 2 aromatic carbocycles. The van der Waals surface area contributed by atoms with Gasteiger partial charge >= 0.3 is 5.97 Å². The lowest BCUT2D eigenvalue weighted by Gasteiger charge is -2.32. The Morgan fingerprint density at radius 1 is 0.943 bits per heavy atom. The summed E-state index contributed by atoms with van der Waals surface area (Å²) in [4.78, 5) is 64.8. The third-order valence-corrected chi connectivity index (χ3v) is 6.16. The Bertz CT molecular complexity index is 1210. The number of imide groups is 1. The third-order valence-electron chi connectivity index (χ3n) is 6.16. The molecule has 182 valence electrons. The minimum absolute atomic E-state index is 0.128. The van der Waals surface area contributed by atoms with E-state index in [0.29, 0.717) is 48.4 Å². The Hall–Kier alpha value is -4.01. The minimum atomic E-state index is -0.456. The molecule has 0 radical (unpaired) electrons. The van der Waals surface area contributed by atoms with E-state index in [2.05, 4.69) is 5.32 Å². The maximum absolute atomic E-state index is 12.9. The van der Waals surface area contributed by atoms with Crippen molar-refractivity contribution in [2.45, 2.75) is 45.7 Å². The molecule has 9 heteroatoms. The Balaban J connectivity index is 1.36. The molecule has 0 aromatic heterocycles. The van der Waals surface area contributed by atoms with E-state index in [9.17, 15) is 24.0 Å². The van der Waals surface area contributed by atoms with Crippen molar-refractivity contribution in [3.63, 3.8) is 0 Å². The molecule has 9 nitrogen and oxygen atoms in total. The van der Waals surface area contributed by atoms with Gasteiger partial charge in [-0.25, -0.2) is 0 Å². The van der Waals surface area contributed by atoms with E-state index in [4.69, 9.17) is 4.74 Å². The third kappa shape index (κ3) is 4.94. The van der Waals surface area contributed by atoms with Crippen molar-refractivity contribution in [3.05, 3.63) is 64.7 Å². The van der Waals surface area contributed by atoms with E-state index in [1.54, 1.807) is 43.0 Å². The van der Waals surface area contributed by atoms with Gasteiger partial charge < -0.3 is 15.0 Å². The molecule has 0 atom stereocenters. The van der Waals surface area contributed by atoms with E-state index < -0.39 is 5.97 Å².